The van der Waals surface area contributed by atoms with Crippen molar-refractivity contribution in [3.05, 3.63) is 65.7 Å². The lowest BCUT2D eigenvalue weighted by atomic mass is 10.1. The van der Waals surface area contributed by atoms with Gasteiger partial charge in [0.05, 0.1) is 12.7 Å². The van der Waals surface area contributed by atoms with E-state index in [0.717, 1.165) is 16.9 Å². The van der Waals surface area contributed by atoms with Crippen LogP contribution in [0.25, 0.3) is 0 Å². The second kappa shape index (κ2) is 7.68. The van der Waals surface area contributed by atoms with E-state index < -0.39 is 6.10 Å². The maximum Gasteiger partial charge on any atom is 0.122 e. The third-order valence-corrected chi connectivity index (χ3v) is 3.17. The summed E-state index contributed by atoms with van der Waals surface area (Å²) in [6.45, 7) is 0.327. The van der Waals surface area contributed by atoms with Gasteiger partial charge >= 0.3 is 0 Å². The van der Waals surface area contributed by atoms with E-state index in [0.29, 0.717) is 19.4 Å². The Hall–Kier alpha value is -1.84. The van der Waals surface area contributed by atoms with Crippen molar-refractivity contribution in [1.82, 2.24) is 0 Å². The molecule has 0 fully saturated rings. The molecule has 2 aromatic carbocycles. The highest BCUT2D eigenvalue weighted by Crippen LogP contribution is 2.21. The minimum atomic E-state index is -0.669. The van der Waals surface area contributed by atoms with Crippen LogP contribution in [0, 0.1) is 0 Å². The minimum absolute atomic E-state index is 0.201. The maximum absolute atomic E-state index is 9.43. The lowest BCUT2D eigenvalue weighted by Gasteiger charge is -2.13. The zero-order valence-corrected chi connectivity index (χ0v) is 11.4. The van der Waals surface area contributed by atoms with Gasteiger partial charge in [0.15, 0.2) is 0 Å². The van der Waals surface area contributed by atoms with Gasteiger partial charge in [0.2, 0.25) is 0 Å². The highest BCUT2D eigenvalue weighted by Gasteiger charge is 2.07. The predicted octanol–water partition coefficient (Wildman–Crippen LogP) is 2.55. The van der Waals surface area contributed by atoms with Crippen molar-refractivity contribution in [1.29, 1.82) is 0 Å². The van der Waals surface area contributed by atoms with E-state index in [4.69, 9.17) is 9.84 Å². The first-order chi connectivity index (χ1) is 9.79. The van der Waals surface area contributed by atoms with E-state index in [2.05, 4.69) is 0 Å². The Balaban J connectivity index is 1.97. The van der Waals surface area contributed by atoms with Gasteiger partial charge in [-0.25, -0.2) is 0 Å². The first-order valence-electron chi connectivity index (χ1n) is 6.83. The molecule has 2 N–H and O–H groups in total. The lowest BCUT2D eigenvalue weighted by Crippen LogP contribution is -2.13. The molecule has 0 amide bonds. The van der Waals surface area contributed by atoms with Crippen LogP contribution in [0.3, 0.4) is 0 Å². The lowest BCUT2D eigenvalue weighted by molar-refractivity contribution is 0.0884. The van der Waals surface area contributed by atoms with Crippen LogP contribution in [-0.4, -0.2) is 22.9 Å². The Morgan fingerprint density at radius 1 is 0.950 bits per heavy atom. The average molecular weight is 272 g/mol. The molecule has 1 unspecified atom stereocenters. The number of aliphatic hydroxyl groups is 2. The standard InChI is InChI=1S/C17H20O3/c18-12-16(19)11-10-15-8-4-5-9-17(15)20-13-14-6-2-1-3-7-14/h1-9,16,18-19H,10-13H2. The second-order valence-electron chi connectivity index (χ2n) is 4.76. The van der Waals surface area contributed by atoms with E-state index in [-0.39, 0.29) is 6.61 Å². The molecular formula is C17H20O3. The molecule has 0 aliphatic heterocycles. The average Bonchev–Trinajstić information content (AvgIpc) is 2.52. The summed E-state index contributed by atoms with van der Waals surface area (Å²) in [7, 11) is 0. The van der Waals surface area contributed by atoms with Crippen LogP contribution in [0.4, 0.5) is 0 Å². The molecule has 2 aromatic rings. The van der Waals surface area contributed by atoms with Crippen LogP contribution >= 0.6 is 0 Å². The van der Waals surface area contributed by atoms with Crippen LogP contribution in [0.2, 0.25) is 0 Å². The van der Waals surface area contributed by atoms with Crippen LogP contribution < -0.4 is 4.74 Å². The highest BCUT2D eigenvalue weighted by atomic mass is 16.5. The van der Waals surface area contributed by atoms with Crippen LogP contribution in [0.5, 0.6) is 5.75 Å². The molecular weight excluding hydrogens is 252 g/mol. The minimum Gasteiger partial charge on any atom is -0.489 e. The largest absolute Gasteiger partial charge is 0.489 e. The zero-order chi connectivity index (χ0) is 14.2. The van der Waals surface area contributed by atoms with Gasteiger partial charge in [-0.3, -0.25) is 0 Å². The van der Waals surface area contributed by atoms with Crippen LogP contribution in [0.1, 0.15) is 17.5 Å². The van der Waals surface area contributed by atoms with E-state index in [9.17, 15) is 5.11 Å². The number of benzene rings is 2. The number of rotatable bonds is 7. The van der Waals surface area contributed by atoms with Crippen molar-refractivity contribution < 1.29 is 14.9 Å². The molecule has 0 bridgehead atoms. The molecule has 20 heavy (non-hydrogen) atoms. The zero-order valence-electron chi connectivity index (χ0n) is 11.4. The number of ether oxygens (including phenoxy) is 1. The van der Waals surface area contributed by atoms with E-state index in [1.54, 1.807) is 0 Å². The van der Waals surface area contributed by atoms with Crippen molar-refractivity contribution >= 4 is 0 Å². The molecule has 3 heteroatoms. The van der Waals surface area contributed by atoms with Gasteiger partial charge in [0.25, 0.3) is 0 Å². The first-order valence-corrected chi connectivity index (χ1v) is 6.83. The third kappa shape index (κ3) is 4.37. The van der Waals surface area contributed by atoms with Gasteiger partial charge in [-0.1, -0.05) is 48.5 Å². The van der Waals surface area contributed by atoms with Crippen molar-refractivity contribution in [2.24, 2.45) is 0 Å². The van der Waals surface area contributed by atoms with E-state index in [1.807, 2.05) is 54.6 Å². The summed E-state index contributed by atoms with van der Waals surface area (Å²) in [5.41, 5.74) is 2.17. The Labute approximate surface area is 119 Å². The van der Waals surface area contributed by atoms with Gasteiger partial charge in [-0.05, 0) is 30.0 Å². The summed E-state index contributed by atoms with van der Waals surface area (Å²) in [4.78, 5) is 0. The third-order valence-electron chi connectivity index (χ3n) is 3.17. The fourth-order valence-electron chi connectivity index (χ4n) is 2.00. The number of hydrogen-bond acceptors (Lipinski definition) is 3. The Bertz CT molecular complexity index is 511. The van der Waals surface area contributed by atoms with E-state index in [1.165, 1.54) is 0 Å². The number of aryl methyl sites for hydroxylation is 1. The summed E-state index contributed by atoms with van der Waals surface area (Å²) in [5.74, 6) is 0.835. The SMILES string of the molecule is OCC(O)CCc1ccccc1OCc1ccccc1. The number of para-hydroxylation sites is 1. The molecule has 0 heterocycles. The normalized spacial score (nSPS) is 12.1. The molecule has 0 saturated carbocycles. The Kier molecular flexibility index (Phi) is 5.59. The molecule has 0 aliphatic rings. The molecule has 0 aliphatic carbocycles. The van der Waals surface area contributed by atoms with Crippen molar-refractivity contribution in [2.45, 2.75) is 25.6 Å². The number of aliphatic hydroxyl groups excluding tert-OH is 2. The maximum atomic E-state index is 9.43. The Morgan fingerprint density at radius 3 is 2.40 bits per heavy atom. The molecule has 0 radical (unpaired) electrons. The molecule has 0 spiro atoms. The molecule has 2 rings (SSSR count). The quantitative estimate of drug-likeness (QED) is 0.814. The molecule has 0 aromatic heterocycles. The molecule has 3 nitrogen and oxygen atoms in total. The van der Waals surface area contributed by atoms with Crippen LogP contribution in [-0.2, 0) is 13.0 Å². The van der Waals surface area contributed by atoms with Gasteiger partial charge in [-0.15, -0.1) is 0 Å². The predicted molar refractivity (Wildman–Crippen MR) is 78.6 cm³/mol. The van der Waals surface area contributed by atoms with Gasteiger partial charge in [-0.2, -0.15) is 0 Å². The van der Waals surface area contributed by atoms with Gasteiger partial charge < -0.3 is 14.9 Å². The topological polar surface area (TPSA) is 49.7 Å². The molecule has 0 saturated heterocycles. The second-order valence-corrected chi connectivity index (χ2v) is 4.76. The first kappa shape index (κ1) is 14.6. The van der Waals surface area contributed by atoms with Gasteiger partial charge in [0, 0.05) is 0 Å². The summed E-state index contributed by atoms with van der Waals surface area (Å²) in [6.07, 6.45) is 0.548. The van der Waals surface area contributed by atoms with Crippen molar-refractivity contribution in [3.8, 4) is 5.75 Å². The Morgan fingerprint density at radius 2 is 1.65 bits per heavy atom. The molecule has 1 atom stereocenters. The fourth-order valence-corrected chi connectivity index (χ4v) is 2.00. The van der Waals surface area contributed by atoms with Gasteiger partial charge in [0.1, 0.15) is 12.4 Å². The van der Waals surface area contributed by atoms with E-state index >= 15 is 0 Å². The fraction of sp³-hybridized carbons (Fsp3) is 0.294. The number of hydrogen-bond donors (Lipinski definition) is 2. The highest BCUT2D eigenvalue weighted by molar-refractivity contribution is 5.33. The van der Waals surface area contributed by atoms with Crippen molar-refractivity contribution in [3.63, 3.8) is 0 Å². The smallest absolute Gasteiger partial charge is 0.122 e. The summed E-state index contributed by atoms with van der Waals surface area (Å²) in [5, 5.41) is 18.3. The van der Waals surface area contributed by atoms with Crippen LogP contribution in [0.15, 0.2) is 54.6 Å². The summed E-state index contributed by atoms with van der Waals surface area (Å²) >= 11 is 0. The summed E-state index contributed by atoms with van der Waals surface area (Å²) in [6, 6.07) is 17.8. The monoisotopic (exact) mass is 272 g/mol. The van der Waals surface area contributed by atoms with Crippen molar-refractivity contribution in [2.75, 3.05) is 6.61 Å². The molecule has 106 valence electrons. The summed E-state index contributed by atoms with van der Waals surface area (Å²) < 4.78 is 5.84.